The summed E-state index contributed by atoms with van der Waals surface area (Å²) in [6.07, 6.45) is -4.61. The van der Waals surface area contributed by atoms with Crippen LogP contribution in [-0.4, -0.2) is 9.78 Å². The molecular weight excluding hydrogens is 298 g/mol. The number of anilines is 1. The van der Waals surface area contributed by atoms with E-state index in [-0.39, 0.29) is 22.9 Å². The Hall–Kier alpha value is -1.76. The molecule has 1 aromatic heterocycles. The SMILES string of the molecule is Cc1nn(Cc2cc(F)cc(C(F)(F)F)c2)c(N)c1Cl. The van der Waals surface area contributed by atoms with Crippen LogP contribution in [0.4, 0.5) is 23.4 Å². The van der Waals surface area contributed by atoms with Crippen LogP contribution in [0.5, 0.6) is 0 Å². The molecule has 20 heavy (non-hydrogen) atoms. The number of halogens is 5. The molecule has 0 fully saturated rings. The molecule has 1 aromatic carbocycles. The smallest absolute Gasteiger partial charge is 0.383 e. The van der Waals surface area contributed by atoms with Gasteiger partial charge in [0.25, 0.3) is 0 Å². The molecule has 0 saturated heterocycles. The first-order chi connectivity index (χ1) is 9.18. The highest BCUT2D eigenvalue weighted by molar-refractivity contribution is 6.33. The fourth-order valence-corrected chi connectivity index (χ4v) is 1.91. The highest BCUT2D eigenvalue weighted by atomic mass is 35.5. The summed E-state index contributed by atoms with van der Waals surface area (Å²) in [5.41, 5.74) is 5.17. The van der Waals surface area contributed by atoms with Crippen LogP contribution < -0.4 is 5.73 Å². The van der Waals surface area contributed by atoms with Crippen LogP contribution in [0.3, 0.4) is 0 Å². The van der Waals surface area contributed by atoms with Crippen LogP contribution >= 0.6 is 11.6 Å². The van der Waals surface area contributed by atoms with Crippen LogP contribution in [0.1, 0.15) is 16.8 Å². The van der Waals surface area contributed by atoms with Crippen molar-refractivity contribution in [3.63, 3.8) is 0 Å². The Morgan fingerprint density at radius 2 is 1.95 bits per heavy atom. The minimum Gasteiger partial charge on any atom is -0.383 e. The summed E-state index contributed by atoms with van der Waals surface area (Å²) in [5, 5.41) is 4.22. The molecule has 0 unspecified atom stereocenters. The number of hydrogen-bond acceptors (Lipinski definition) is 2. The Balaban J connectivity index is 2.39. The molecule has 0 saturated carbocycles. The van der Waals surface area contributed by atoms with Crippen LogP contribution in [0.25, 0.3) is 0 Å². The van der Waals surface area contributed by atoms with Crippen molar-refractivity contribution in [1.29, 1.82) is 0 Å². The molecule has 0 amide bonds. The van der Waals surface area contributed by atoms with Gasteiger partial charge in [0.05, 0.1) is 17.8 Å². The third-order valence-corrected chi connectivity index (χ3v) is 3.18. The summed E-state index contributed by atoms with van der Waals surface area (Å²) >= 11 is 5.84. The standard InChI is InChI=1S/C12H10ClF4N3/c1-6-10(13)11(18)20(19-6)5-7-2-8(12(15,16)17)4-9(14)3-7/h2-4H,5,18H2,1H3. The normalized spacial score (nSPS) is 11.9. The Bertz CT molecular complexity index is 649. The highest BCUT2D eigenvalue weighted by Gasteiger charge is 2.31. The van der Waals surface area contributed by atoms with E-state index in [0.29, 0.717) is 11.8 Å². The Kier molecular flexibility index (Phi) is 3.64. The first-order valence-electron chi connectivity index (χ1n) is 5.53. The number of aryl methyl sites for hydroxylation is 1. The van der Waals surface area contributed by atoms with Gasteiger partial charge >= 0.3 is 6.18 Å². The average Bonchev–Trinajstić information content (AvgIpc) is 2.55. The van der Waals surface area contributed by atoms with E-state index in [4.69, 9.17) is 17.3 Å². The van der Waals surface area contributed by atoms with Crippen molar-refractivity contribution in [3.05, 3.63) is 45.9 Å². The number of nitrogens with two attached hydrogens (primary N) is 1. The number of nitrogen functional groups attached to an aromatic ring is 1. The summed E-state index contributed by atoms with van der Waals surface area (Å²) in [4.78, 5) is 0. The largest absolute Gasteiger partial charge is 0.416 e. The molecular formula is C12H10ClF4N3. The molecule has 8 heteroatoms. The summed E-state index contributed by atoms with van der Waals surface area (Å²) < 4.78 is 52.3. The van der Waals surface area contributed by atoms with E-state index in [1.807, 2.05) is 0 Å². The molecule has 0 aliphatic rings. The van der Waals surface area contributed by atoms with E-state index < -0.39 is 17.6 Å². The molecule has 2 aromatic rings. The average molecular weight is 308 g/mol. The van der Waals surface area contributed by atoms with E-state index in [9.17, 15) is 17.6 Å². The molecule has 108 valence electrons. The zero-order valence-electron chi connectivity index (χ0n) is 10.3. The van der Waals surface area contributed by atoms with Crippen molar-refractivity contribution >= 4 is 17.4 Å². The zero-order chi connectivity index (χ0) is 15.1. The first-order valence-corrected chi connectivity index (χ1v) is 5.91. The Morgan fingerprint density at radius 3 is 2.45 bits per heavy atom. The van der Waals surface area contributed by atoms with Gasteiger partial charge in [-0.2, -0.15) is 18.3 Å². The lowest BCUT2D eigenvalue weighted by Gasteiger charge is -2.10. The van der Waals surface area contributed by atoms with E-state index >= 15 is 0 Å². The van der Waals surface area contributed by atoms with Gasteiger partial charge in [-0.3, -0.25) is 0 Å². The van der Waals surface area contributed by atoms with Crippen molar-refractivity contribution < 1.29 is 17.6 Å². The van der Waals surface area contributed by atoms with Crippen molar-refractivity contribution in [3.8, 4) is 0 Å². The lowest BCUT2D eigenvalue weighted by molar-refractivity contribution is -0.137. The fraction of sp³-hybridized carbons (Fsp3) is 0.250. The molecule has 1 heterocycles. The number of nitrogens with zero attached hydrogens (tertiary/aromatic N) is 2. The second-order valence-electron chi connectivity index (χ2n) is 4.29. The molecule has 0 aliphatic heterocycles. The second kappa shape index (κ2) is 4.97. The van der Waals surface area contributed by atoms with E-state index in [1.54, 1.807) is 6.92 Å². The number of aromatic nitrogens is 2. The van der Waals surface area contributed by atoms with Crippen molar-refractivity contribution in [2.75, 3.05) is 5.73 Å². The highest BCUT2D eigenvalue weighted by Crippen LogP contribution is 2.31. The Morgan fingerprint density at radius 1 is 1.30 bits per heavy atom. The third kappa shape index (κ3) is 2.87. The van der Waals surface area contributed by atoms with Crippen molar-refractivity contribution in [1.82, 2.24) is 9.78 Å². The summed E-state index contributed by atoms with van der Waals surface area (Å²) in [6, 6.07) is 2.29. The molecule has 0 aliphatic carbocycles. The van der Waals surface area contributed by atoms with Gasteiger partial charge in [-0.15, -0.1) is 0 Å². The number of rotatable bonds is 2. The predicted molar refractivity (Wildman–Crippen MR) is 66.9 cm³/mol. The lowest BCUT2D eigenvalue weighted by Crippen LogP contribution is -2.10. The molecule has 2 rings (SSSR count). The summed E-state index contributed by atoms with van der Waals surface area (Å²) in [7, 11) is 0. The van der Waals surface area contributed by atoms with Crippen LogP contribution in [0, 0.1) is 12.7 Å². The van der Waals surface area contributed by atoms with E-state index in [1.165, 1.54) is 4.68 Å². The number of hydrogen-bond donors (Lipinski definition) is 1. The zero-order valence-corrected chi connectivity index (χ0v) is 11.1. The molecule has 0 spiro atoms. The van der Waals surface area contributed by atoms with Gasteiger partial charge in [0.2, 0.25) is 0 Å². The maximum absolute atomic E-state index is 13.3. The van der Waals surface area contributed by atoms with Gasteiger partial charge in [-0.25, -0.2) is 9.07 Å². The predicted octanol–water partition coefficient (Wildman–Crippen LogP) is 3.63. The minimum atomic E-state index is -4.61. The molecule has 2 N–H and O–H groups in total. The van der Waals surface area contributed by atoms with Crippen LogP contribution in [0.2, 0.25) is 5.02 Å². The van der Waals surface area contributed by atoms with Crippen LogP contribution in [0.15, 0.2) is 18.2 Å². The Labute approximate surface area is 116 Å². The maximum Gasteiger partial charge on any atom is 0.416 e. The summed E-state index contributed by atoms with van der Waals surface area (Å²) in [6.45, 7) is 1.52. The monoisotopic (exact) mass is 307 g/mol. The molecule has 0 bridgehead atoms. The fourth-order valence-electron chi connectivity index (χ4n) is 1.78. The van der Waals surface area contributed by atoms with Gasteiger partial charge in [0.1, 0.15) is 16.7 Å². The van der Waals surface area contributed by atoms with E-state index in [2.05, 4.69) is 5.10 Å². The second-order valence-corrected chi connectivity index (χ2v) is 4.67. The van der Waals surface area contributed by atoms with Gasteiger partial charge in [-0.05, 0) is 30.7 Å². The number of benzene rings is 1. The first kappa shape index (κ1) is 14.6. The van der Waals surface area contributed by atoms with Crippen LogP contribution in [-0.2, 0) is 12.7 Å². The molecule has 0 atom stereocenters. The van der Waals surface area contributed by atoms with Gasteiger partial charge < -0.3 is 5.73 Å². The van der Waals surface area contributed by atoms with Gasteiger partial charge in [0, 0.05) is 0 Å². The van der Waals surface area contributed by atoms with Crippen molar-refractivity contribution in [2.24, 2.45) is 0 Å². The summed E-state index contributed by atoms with van der Waals surface area (Å²) in [5.74, 6) is -0.842. The molecule has 0 radical (unpaired) electrons. The number of alkyl halides is 3. The van der Waals surface area contributed by atoms with Crippen molar-refractivity contribution in [2.45, 2.75) is 19.6 Å². The van der Waals surface area contributed by atoms with Gasteiger partial charge in [0.15, 0.2) is 0 Å². The minimum absolute atomic E-state index is 0.0970. The lowest BCUT2D eigenvalue weighted by atomic mass is 10.1. The van der Waals surface area contributed by atoms with E-state index in [0.717, 1.165) is 12.1 Å². The quantitative estimate of drug-likeness (QED) is 0.861. The topological polar surface area (TPSA) is 43.8 Å². The molecule has 3 nitrogen and oxygen atoms in total. The maximum atomic E-state index is 13.3. The van der Waals surface area contributed by atoms with Gasteiger partial charge in [-0.1, -0.05) is 11.6 Å². The third-order valence-electron chi connectivity index (χ3n) is 2.71.